The number of β-amino-alcohol motifs (C(OH)–C–C–N with tert-alkyl or cyclic N) is 1. The Kier molecular flexibility index (Phi) is 7.26. The molecule has 0 aromatic heterocycles. The van der Waals surface area contributed by atoms with Crippen LogP contribution >= 0.6 is 0 Å². The lowest BCUT2D eigenvalue weighted by atomic mass is 9.93. The van der Waals surface area contributed by atoms with E-state index < -0.39 is 22.5 Å². The second-order valence-electron chi connectivity index (χ2n) is 9.91. The molecular formula is C27H32FN3O3. The monoisotopic (exact) mass is 465 g/mol. The minimum Gasteiger partial charge on any atom is -0.390 e. The van der Waals surface area contributed by atoms with E-state index in [0.717, 1.165) is 31.9 Å². The fourth-order valence-electron chi connectivity index (χ4n) is 4.95. The molecule has 0 saturated carbocycles. The fourth-order valence-corrected chi connectivity index (χ4v) is 4.95. The summed E-state index contributed by atoms with van der Waals surface area (Å²) in [5, 5.41) is 28.0. The molecule has 0 amide bonds. The van der Waals surface area contributed by atoms with Gasteiger partial charge in [-0.25, -0.2) is 0 Å². The van der Waals surface area contributed by atoms with E-state index in [4.69, 9.17) is 0 Å². The summed E-state index contributed by atoms with van der Waals surface area (Å²) < 4.78 is 13.7. The second kappa shape index (κ2) is 10.2. The van der Waals surface area contributed by atoms with Gasteiger partial charge in [0.25, 0.3) is 0 Å². The Morgan fingerprint density at radius 3 is 2.65 bits per heavy atom. The van der Waals surface area contributed by atoms with Crippen molar-refractivity contribution in [1.29, 1.82) is 0 Å². The summed E-state index contributed by atoms with van der Waals surface area (Å²) in [6.07, 6.45) is 2.06. The van der Waals surface area contributed by atoms with E-state index in [2.05, 4.69) is 54.4 Å². The number of fused-ring (bicyclic) bond motifs is 1. The summed E-state index contributed by atoms with van der Waals surface area (Å²) in [6, 6.07) is 18.8. The first-order valence-electron chi connectivity index (χ1n) is 11.8. The Morgan fingerprint density at radius 1 is 1.15 bits per heavy atom. The molecule has 2 atom stereocenters. The zero-order chi connectivity index (χ0) is 24.3. The molecule has 1 fully saturated rings. The van der Waals surface area contributed by atoms with Gasteiger partial charge in [0.15, 0.2) is 0 Å². The van der Waals surface area contributed by atoms with Crippen LogP contribution in [0.25, 0.3) is 10.8 Å². The van der Waals surface area contributed by atoms with Crippen LogP contribution < -0.4 is 5.32 Å². The Bertz CT molecular complexity index is 1170. The van der Waals surface area contributed by atoms with Crippen molar-refractivity contribution in [3.63, 3.8) is 0 Å². The van der Waals surface area contributed by atoms with Crippen LogP contribution in [0, 0.1) is 15.9 Å². The van der Waals surface area contributed by atoms with Crippen LogP contribution in [0.2, 0.25) is 0 Å². The van der Waals surface area contributed by atoms with E-state index in [1.807, 2.05) is 12.1 Å². The van der Waals surface area contributed by atoms with Gasteiger partial charge in [-0.3, -0.25) is 15.0 Å². The minimum atomic E-state index is -0.829. The highest BCUT2D eigenvalue weighted by Crippen LogP contribution is 2.26. The van der Waals surface area contributed by atoms with Gasteiger partial charge in [0.2, 0.25) is 5.82 Å². The molecule has 3 aromatic carbocycles. The molecule has 0 radical (unpaired) electrons. The average Bonchev–Trinajstić information content (AvgIpc) is 3.26. The highest BCUT2D eigenvalue weighted by Gasteiger charge is 2.32. The van der Waals surface area contributed by atoms with Crippen molar-refractivity contribution >= 4 is 16.5 Å². The topological polar surface area (TPSA) is 78.6 Å². The van der Waals surface area contributed by atoms with E-state index >= 15 is 0 Å². The molecule has 0 bridgehead atoms. The van der Waals surface area contributed by atoms with E-state index in [9.17, 15) is 19.6 Å². The van der Waals surface area contributed by atoms with Crippen LogP contribution in [-0.4, -0.2) is 45.7 Å². The van der Waals surface area contributed by atoms with Gasteiger partial charge in [-0.15, -0.1) is 0 Å². The first-order valence-corrected chi connectivity index (χ1v) is 11.8. The number of nitro benzene ring substituents is 1. The fraction of sp³-hybridized carbons (Fsp3) is 0.407. The molecule has 2 N–H and O–H groups in total. The normalized spacial score (nSPS) is 17.8. The molecule has 34 heavy (non-hydrogen) atoms. The number of hydrogen-bond acceptors (Lipinski definition) is 5. The lowest BCUT2D eigenvalue weighted by Gasteiger charge is -2.33. The number of benzene rings is 3. The summed E-state index contributed by atoms with van der Waals surface area (Å²) >= 11 is 0. The van der Waals surface area contributed by atoms with E-state index in [0.29, 0.717) is 18.7 Å². The smallest absolute Gasteiger partial charge is 0.305 e. The molecule has 1 aliphatic heterocycles. The third-order valence-electron chi connectivity index (χ3n) is 6.70. The molecule has 1 heterocycles. The van der Waals surface area contributed by atoms with Crippen LogP contribution in [0.4, 0.5) is 10.1 Å². The number of aliphatic hydroxyl groups excluding tert-OH is 1. The first kappa shape index (κ1) is 24.3. The van der Waals surface area contributed by atoms with Crippen molar-refractivity contribution < 1.29 is 14.4 Å². The molecule has 1 saturated heterocycles. The van der Waals surface area contributed by atoms with Gasteiger partial charge in [-0.2, -0.15) is 4.39 Å². The van der Waals surface area contributed by atoms with E-state index in [1.54, 1.807) is 6.07 Å². The predicted octanol–water partition coefficient (Wildman–Crippen LogP) is 4.82. The lowest BCUT2D eigenvalue weighted by molar-refractivity contribution is -0.387. The molecule has 6 nitrogen and oxygen atoms in total. The van der Waals surface area contributed by atoms with Crippen LogP contribution in [0.5, 0.6) is 0 Å². The van der Waals surface area contributed by atoms with Gasteiger partial charge in [0, 0.05) is 30.7 Å². The third-order valence-corrected chi connectivity index (χ3v) is 6.70. The van der Waals surface area contributed by atoms with Crippen LogP contribution in [0.3, 0.4) is 0 Å². The van der Waals surface area contributed by atoms with Crippen LogP contribution in [0.1, 0.15) is 37.8 Å². The Hall–Kier alpha value is -2.87. The predicted molar refractivity (Wildman–Crippen MR) is 132 cm³/mol. The largest absolute Gasteiger partial charge is 0.390 e. The van der Waals surface area contributed by atoms with Crippen LogP contribution in [0.15, 0.2) is 60.7 Å². The highest BCUT2D eigenvalue weighted by atomic mass is 19.1. The average molecular weight is 466 g/mol. The van der Waals surface area contributed by atoms with Crippen molar-refractivity contribution in [1.82, 2.24) is 10.2 Å². The number of nitro groups is 1. The van der Waals surface area contributed by atoms with Gasteiger partial charge in [0.1, 0.15) is 0 Å². The SMILES string of the molecule is CC(C)(Cc1ccc2ccccc2c1)NCC(O)C1CCCN1Cc1ccc(F)c([N+](=O)[O-])c1. The van der Waals surface area contributed by atoms with E-state index in [-0.39, 0.29) is 11.6 Å². The summed E-state index contributed by atoms with van der Waals surface area (Å²) in [7, 11) is 0. The number of nitrogens with one attached hydrogen (secondary N) is 1. The lowest BCUT2D eigenvalue weighted by Crippen LogP contribution is -2.50. The van der Waals surface area contributed by atoms with Gasteiger partial charge >= 0.3 is 5.69 Å². The zero-order valence-corrected chi connectivity index (χ0v) is 19.7. The molecular weight excluding hydrogens is 433 g/mol. The number of halogens is 1. The van der Waals surface area contributed by atoms with Crippen LogP contribution in [-0.2, 0) is 13.0 Å². The third kappa shape index (κ3) is 5.78. The summed E-state index contributed by atoms with van der Waals surface area (Å²) in [6.45, 7) is 5.97. The Morgan fingerprint density at radius 2 is 1.88 bits per heavy atom. The summed E-state index contributed by atoms with van der Waals surface area (Å²) in [5.41, 5.74) is 1.21. The van der Waals surface area contributed by atoms with Crippen molar-refractivity contribution in [3.8, 4) is 0 Å². The van der Waals surface area contributed by atoms with Gasteiger partial charge < -0.3 is 10.4 Å². The molecule has 0 aliphatic carbocycles. The number of rotatable bonds is 9. The first-order chi connectivity index (χ1) is 16.2. The number of nitrogens with zero attached hydrogens (tertiary/aromatic N) is 2. The maximum absolute atomic E-state index is 13.7. The molecule has 180 valence electrons. The highest BCUT2D eigenvalue weighted by molar-refractivity contribution is 5.83. The van der Waals surface area contributed by atoms with Crippen molar-refractivity contribution in [2.45, 2.75) is 57.3 Å². The Labute approximate surface area is 199 Å². The standard InChI is InChI=1S/C27H32FN3O3/c1-27(2,16-19-9-11-21-6-3-4-7-22(21)14-19)29-17-26(32)24-8-5-13-30(24)18-20-10-12-23(28)25(15-20)31(33)34/h3-4,6-7,9-12,14-15,24,26,29,32H,5,8,13,16-18H2,1-2H3. The number of likely N-dealkylation sites (tertiary alicyclic amines) is 1. The Balaban J connectivity index is 1.36. The van der Waals surface area contributed by atoms with Crippen molar-refractivity contribution in [3.05, 3.63) is 87.7 Å². The zero-order valence-electron chi connectivity index (χ0n) is 19.7. The molecule has 4 rings (SSSR count). The van der Waals surface area contributed by atoms with Gasteiger partial charge in [-0.1, -0.05) is 48.5 Å². The van der Waals surface area contributed by atoms with Crippen molar-refractivity contribution in [2.24, 2.45) is 0 Å². The van der Waals surface area contributed by atoms with Gasteiger partial charge in [-0.05, 0) is 67.6 Å². The number of aliphatic hydroxyl groups is 1. The molecule has 7 heteroatoms. The quantitative estimate of drug-likeness (QED) is 0.350. The molecule has 2 unspecified atom stereocenters. The van der Waals surface area contributed by atoms with Crippen molar-refractivity contribution in [2.75, 3.05) is 13.1 Å². The second-order valence-corrected chi connectivity index (χ2v) is 9.91. The maximum atomic E-state index is 13.7. The minimum absolute atomic E-state index is 0.0481. The molecule has 0 spiro atoms. The van der Waals surface area contributed by atoms with Gasteiger partial charge in [0.05, 0.1) is 11.0 Å². The van der Waals surface area contributed by atoms with E-state index in [1.165, 1.54) is 22.4 Å². The summed E-state index contributed by atoms with van der Waals surface area (Å²) in [5.74, 6) is -0.829. The summed E-state index contributed by atoms with van der Waals surface area (Å²) in [4.78, 5) is 12.5. The number of hydrogen-bond donors (Lipinski definition) is 2. The molecule has 3 aromatic rings. The maximum Gasteiger partial charge on any atom is 0.305 e. The molecule has 1 aliphatic rings.